The molecule has 2 amide bonds. The molecule has 1 aromatic heterocycles. The first kappa shape index (κ1) is 22.3. The first-order valence-corrected chi connectivity index (χ1v) is 11.4. The molecule has 7 nitrogen and oxygen atoms in total. The molecule has 2 heterocycles. The molecule has 4 aromatic rings. The van der Waals surface area contributed by atoms with Crippen LogP contribution in [-0.4, -0.2) is 23.0 Å². The van der Waals surface area contributed by atoms with Crippen LogP contribution in [0, 0.1) is 0 Å². The summed E-state index contributed by atoms with van der Waals surface area (Å²) >= 11 is 0. The van der Waals surface area contributed by atoms with E-state index in [4.69, 9.17) is 9.47 Å². The summed E-state index contributed by atoms with van der Waals surface area (Å²) in [5, 5.41) is 6.37. The van der Waals surface area contributed by atoms with Crippen molar-refractivity contribution in [2.45, 2.75) is 19.7 Å². The van der Waals surface area contributed by atoms with E-state index in [1.807, 2.05) is 84.9 Å². The smallest absolute Gasteiger partial charge is 0.323 e. The van der Waals surface area contributed by atoms with Crippen LogP contribution in [0.3, 0.4) is 0 Å². The molecule has 7 heteroatoms. The fourth-order valence-electron chi connectivity index (χ4n) is 3.93. The molecule has 0 aliphatic carbocycles. The fraction of sp³-hybridized carbons (Fsp3) is 0.143. The van der Waals surface area contributed by atoms with Crippen molar-refractivity contribution in [2.75, 3.05) is 17.7 Å². The van der Waals surface area contributed by atoms with Gasteiger partial charge in [0.05, 0.1) is 13.7 Å². The predicted molar refractivity (Wildman–Crippen MR) is 136 cm³/mol. The lowest BCUT2D eigenvalue weighted by molar-refractivity contribution is 0.203. The number of rotatable bonds is 8. The molecule has 0 saturated carbocycles. The average molecular weight is 467 g/mol. The Kier molecular flexibility index (Phi) is 6.48. The number of benzene rings is 3. The number of amides is 2. The zero-order chi connectivity index (χ0) is 24.0. The lowest BCUT2D eigenvalue weighted by Gasteiger charge is -2.30. The van der Waals surface area contributed by atoms with Crippen LogP contribution in [0.25, 0.3) is 0 Å². The van der Waals surface area contributed by atoms with Gasteiger partial charge in [-0.1, -0.05) is 42.5 Å². The van der Waals surface area contributed by atoms with Crippen LogP contribution in [0.5, 0.6) is 11.5 Å². The molecular formula is C28H26N4O3. The zero-order valence-electron chi connectivity index (χ0n) is 19.4. The van der Waals surface area contributed by atoms with Gasteiger partial charge in [-0.2, -0.15) is 0 Å². The molecule has 35 heavy (non-hydrogen) atoms. The summed E-state index contributed by atoms with van der Waals surface area (Å²) in [6, 6.07) is 27.4. The average Bonchev–Trinajstić information content (AvgIpc) is 2.90. The van der Waals surface area contributed by atoms with Gasteiger partial charge in [0.1, 0.15) is 23.9 Å². The summed E-state index contributed by atoms with van der Waals surface area (Å²) in [4.78, 5) is 18.8. The summed E-state index contributed by atoms with van der Waals surface area (Å²) in [7, 11) is 1.64. The van der Waals surface area contributed by atoms with E-state index in [-0.39, 0.29) is 6.03 Å². The second-order valence-corrected chi connectivity index (χ2v) is 8.24. The third-order valence-electron chi connectivity index (χ3n) is 5.83. The van der Waals surface area contributed by atoms with Gasteiger partial charge in [0.2, 0.25) is 0 Å². The third-order valence-corrected chi connectivity index (χ3v) is 5.83. The number of pyridine rings is 1. The maximum Gasteiger partial charge on any atom is 0.323 e. The number of hydrogen-bond acceptors (Lipinski definition) is 5. The van der Waals surface area contributed by atoms with E-state index in [2.05, 4.69) is 15.6 Å². The Bertz CT molecular complexity index is 1290. The summed E-state index contributed by atoms with van der Waals surface area (Å²) in [6.07, 6.45) is 1.69. The van der Waals surface area contributed by atoms with Crippen LogP contribution in [0.15, 0.2) is 91.1 Å². The summed E-state index contributed by atoms with van der Waals surface area (Å²) < 4.78 is 11.1. The first-order chi connectivity index (χ1) is 17.2. The number of anilines is 3. The summed E-state index contributed by atoms with van der Waals surface area (Å²) in [6.45, 7) is 1.45. The number of ether oxygens (including phenoxy) is 2. The predicted octanol–water partition coefficient (Wildman–Crippen LogP) is 5.96. The fourth-order valence-corrected chi connectivity index (χ4v) is 3.93. The summed E-state index contributed by atoms with van der Waals surface area (Å²) in [5.74, 6) is 2.16. The maximum atomic E-state index is 12.7. The van der Waals surface area contributed by atoms with Gasteiger partial charge >= 0.3 is 6.03 Å². The molecule has 5 rings (SSSR count). The molecule has 176 valence electrons. The Morgan fingerprint density at radius 1 is 0.914 bits per heavy atom. The Balaban J connectivity index is 1.27. The Hall–Kier alpha value is -4.52. The number of carbonyl (C=O) groups is 1. The largest absolute Gasteiger partial charge is 0.497 e. The maximum absolute atomic E-state index is 12.7. The highest BCUT2D eigenvalue weighted by Crippen LogP contribution is 2.31. The molecule has 2 N–H and O–H groups in total. The van der Waals surface area contributed by atoms with E-state index in [1.54, 1.807) is 18.2 Å². The van der Waals surface area contributed by atoms with E-state index < -0.39 is 0 Å². The van der Waals surface area contributed by atoms with Gasteiger partial charge in [0, 0.05) is 29.7 Å². The van der Waals surface area contributed by atoms with E-state index in [0.29, 0.717) is 25.5 Å². The van der Waals surface area contributed by atoms with Crippen molar-refractivity contribution < 1.29 is 14.3 Å². The first-order valence-electron chi connectivity index (χ1n) is 11.4. The molecule has 0 radical (unpaired) electrons. The summed E-state index contributed by atoms with van der Waals surface area (Å²) in [5.41, 5.74) is 4.90. The molecule has 0 saturated heterocycles. The molecule has 1 aliphatic heterocycles. The van der Waals surface area contributed by atoms with Gasteiger partial charge in [-0.3, -0.25) is 5.32 Å². The Morgan fingerprint density at radius 3 is 2.40 bits per heavy atom. The van der Waals surface area contributed by atoms with Crippen LogP contribution in [0.1, 0.15) is 16.7 Å². The number of methoxy groups -OCH3 is 1. The van der Waals surface area contributed by atoms with Crippen molar-refractivity contribution in [1.29, 1.82) is 0 Å². The number of hydrogen-bond donors (Lipinski definition) is 2. The molecule has 1 aliphatic rings. The van der Waals surface area contributed by atoms with Gasteiger partial charge in [-0.15, -0.1) is 0 Å². The van der Waals surface area contributed by atoms with Crippen LogP contribution in [0.4, 0.5) is 22.0 Å². The van der Waals surface area contributed by atoms with Crippen molar-refractivity contribution >= 4 is 23.2 Å². The lowest BCUT2D eigenvalue weighted by atomic mass is 10.1. The van der Waals surface area contributed by atoms with E-state index in [9.17, 15) is 4.79 Å². The number of fused-ring (bicyclic) bond motifs is 1. The molecule has 0 spiro atoms. The third kappa shape index (κ3) is 5.35. The standard InChI is InChI=1S/C28H26N4O3/c1-34-23-11-7-20(8-12-23)17-32-18-25-26(15-16-29-27(25)31-28(32)33)30-22-9-13-24(14-10-22)35-19-21-5-3-2-4-6-21/h2-16H,17-19H2,1H3,(H2,29,30,31,33). The number of carbonyl (C=O) groups excluding carboxylic acids is 1. The second kappa shape index (κ2) is 10.2. The molecule has 3 aromatic carbocycles. The van der Waals surface area contributed by atoms with Gasteiger partial charge in [-0.25, -0.2) is 9.78 Å². The van der Waals surface area contributed by atoms with Crippen molar-refractivity contribution in [1.82, 2.24) is 9.88 Å². The second-order valence-electron chi connectivity index (χ2n) is 8.24. The monoisotopic (exact) mass is 466 g/mol. The van der Waals surface area contributed by atoms with Gasteiger partial charge < -0.3 is 19.7 Å². The number of nitrogens with zero attached hydrogens (tertiary/aromatic N) is 2. The Labute approximate surface area is 204 Å². The van der Waals surface area contributed by atoms with Gasteiger partial charge in [0.25, 0.3) is 0 Å². The van der Waals surface area contributed by atoms with Crippen LogP contribution in [-0.2, 0) is 19.7 Å². The van der Waals surface area contributed by atoms with E-state index >= 15 is 0 Å². The van der Waals surface area contributed by atoms with Crippen LogP contribution >= 0.6 is 0 Å². The molecule has 0 atom stereocenters. The quantitative estimate of drug-likeness (QED) is 0.335. The number of aromatic nitrogens is 1. The highest BCUT2D eigenvalue weighted by molar-refractivity contribution is 5.92. The molecule has 0 unspecified atom stereocenters. The van der Waals surface area contributed by atoms with Gasteiger partial charge in [-0.05, 0) is 53.6 Å². The number of urea groups is 1. The SMILES string of the molecule is COc1ccc(CN2Cc3c(Nc4ccc(OCc5ccccc5)cc4)ccnc3NC2=O)cc1. The minimum absolute atomic E-state index is 0.169. The normalized spacial score (nSPS) is 12.5. The zero-order valence-corrected chi connectivity index (χ0v) is 19.4. The van der Waals surface area contributed by atoms with E-state index in [0.717, 1.165) is 39.6 Å². The van der Waals surface area contributed by atoms with Gasteiger partial charge in [0.15, 0.2) is 0 Å². The number of nitrogens with one attached hydrogen (secondary N) is 2. The van der Waals surface area contributed by atoms with Crippen molar-refractivity contribution in [3.05, 3.63) is 108 Å². The molecular weight excluding hydrogens is 440 g/mol. The van der Waals surface area contributed by atoms with Crippen molar-refractivity contribution in [3.63, 3.8) is 0 Å². The van der Waals surface area contributed by atoms with E-state index in [1.165, 1.54) is 0 Å². The van der Waals surface area contributed by atoms with Crippen molar-refractivity contribution in [3.8, 4) is 11.5 Å². The topological polar surface area (TPSA) is 75.7 Å². The highest BCUT2D eigenvalue weighted by Gasteiger charge is 2.25. The van der Waals surface area contributed by atoms with Crippen LogP contribution in [0.2, 0.25) is 0 Å². The molecule has 0 fully saturated rings. The minimum atomic E-state index is -0.169. The molecule has 0 bridgehead atoms. The van der Waals surface area contributed by atoms with Crippen LogP contribution < -0.4 is 20.1 Å². The van der Waals surface area contributed by atoms with Crippen molar-refractivity contribution in [2.24, 2.45) is 0 Å². The minimum Gasteiger partial charge on any atom is -0.497 e. The highest BCUT2D eigenvalue weighted by atomic mass is 16.5. The lowest BCUT2D eigenvalue weighted by Crippen LogP contribution is -2.38. The Morgan fingerprint density at radius 2 is 1.66 bits per heavy atom.